The highest BCUT2D eigenvalue weighted by atomic mass is 16.5. The maximum absolute atomic E-state index is 6.05. The van der Waals surface area contributed by atoms with Crippen LogP contribution < -0.4 is 15.2 Å². The summed E-state index contributed by atoms with van der Waals surface area (Å²) in [6.07, 6.45) is 1.73. The lowest BCUT2D eigenvalue weighted by molar-refractivity contribution is 0.185. The van der Waals surface area contributed by atoms with Crippen molar-refractivity contribution in [2.75, 3.05) is 27.1 Å². The number of hydrogen-bond acceptors (Lipinski definition) is 5. The number of benzene rings is 1. The Hall–Kier alpha value is -2.21. The van der Waals surface area contributed by atoms with Crippen molar-refractivity contribution in [1.29, 1.82) is 0 Å². The predicted octanol–water partition coefficient (Wildman–Crippen LogP) is 1.83. The molecule has 2 rings (SSSR count). The van der Waals surface area contributed by atoms with E-state index in [1.807, 2.05) is 12.1 Å². The van der Waals surface area contributed by atoms with Crippen molar-refractivity contribution in [3.8, 4) is 22.6 Å². The molecule has 0 aliphatic heterocycles. The molecule has 0 aliphatic carbocycles. The van der Waals surface area contributed by atoms with E-state index < -0.39 is 0 Å². The second-order valence-corrected chi connectivity index (χ2v) is 4.36. The summed E-state index contributed by atoms with van der Waals surface area (Å²) in [6, 6.07) is 3.78. The summed E-state index contributed by atoms with van der Waals surface area (Å²) in [7, 11) is 6.65. The molecule has 6 heteroatoms. The van der Waals surface area contributed by atoms with Gasteiger partial charge in [0.05, 0.1) is 27.0 Å². The predicted molar refractivity (Wildman–Crippen MR) is 76.9 cm³/mol. The average molecular weight is 277 g/mol. The van der Waals surface area contributed by atoms with Crippen molar-refractivity contribution < 1.29 is 14.2 Å². The Morgan fingerprint density at radius 2 is 1.75 bits per heavy atom. The second-order valence-electron chi connectivity index (χ2n) is 4.36. The number of nitrogens with two attached hydrogens (primary N) is 1. The van der Waals surface area contributed by atoms with Gasteiger partial charge in [0.25, 0.3) is 0 Å². The molecule has 6 nitrogen and oxygen atoms in total. The van der Waals surface area contributed by atoms with Gasteiger partial charge >= 0.3 is 0 Å². The fraction of sp³-hybridized carbons (Fsp3) is 0.357. The third-order valence-corrected chi connectivity index (χ3v) is 3.18. The van der Waals surface area contributed by atoms with E-state index in [2.05, 4.69) is 5.10 Å². The SMILES string of the molecule is COCc1cc(OC)c(OC)cc1-c1cnn(C)c1N. The van der Waals surface area contributed by atoms with E-state index in [0.29, 0.717) is 23.9 Å². The number of rotatable bonds is 5. The largest absolute Gasteiger partial charge is 0.493 e. The van der Waals surface area contributed by atoms with Crippen molar-refractivity contribution >= 4 is 5.82 Å². The number of anilines is 1. The summed E-state index contributed by atoms with van der Waals surface area (Å²) in [6.45, 7) is 0.448. The molecule has 108 valence electrons. The van der Waals surface area contributed by atoms with Crippen LogP contribution in [-0.4, -0.2) is 31.1 Å². The van der Waals surface area contributed by atoms with Crippen LogP contribution in [0.5, 0.6) is 11.5 Å². The summed E-state index contributed by atoms with van der Waals surface area (Å²) in [5.74, 6) is 1.89. The van der Waals surface area contributed by atoms with Gasteiger partial charge in [-0.25, -0.2) is 0 Å². The molecule has 0 saturated carbocycles. The Bertz CT molecular complexity index is 608. The molecule has 1 heterocycles. The van der Waals surface area contributed by atoms with Crippen LogP contribution >= 0.6 is 0 Å². The molecule has 1 aromatic heterocycles. The number of aromatic nitrogens is 2. The van der Waals surface area contributed by atoms with Crippen molar-refractivity contribution in [3.63, 3.8) is 0 Å². The van der Waals surface area contributed by atoms with Gasteiger partial charge in [0.1, 0.15) is 5.82 Å². The van der Waals surface area contributed by atoms with Crippen LogP contribution in [0.4, 0.5) is 5.82 Å². The molecule has 0 bridgehead atoms. The molecule has 2 aromatic rings. The molecule has 0 aliphatic rings. The third-order valence-electron chi connectivity index (χ3n) is 3.18. The van der Waals surface area contributed by atoms with Crippen LogP contribution in [0.1, 0.15) is 5.56 Å². The summed E-state index contributed by atoms with van der Waals surface area (Å²) in [4.78, 5) is 0. The van der Waals surface area contributed by atoms with E-state index in [0.717, 1.165) is 16.7 Å². The van der Waals surface area contributed by atoms with Crippen molar-refractivity contribution in [1.82, 2.24) is 9.78 Å². The molecule has 0 saturated heterocycles. The molecular weight excluding hydrogens is 258 g/mol. The number of nitrogen functional groups attached to an aromatic ring is 1. The van der Waals surface area contributed by atoms with Crippen LogP contribution in [0.3, 0.4) is 0 Å². The zero-order valence-electron chi connectivity index (χ0n) is 12.1. The van der Waals surface area contributed by atoms with Crippen molar-refractivity contribution in [2.45, 2.75) is 6.61 Å². The van der Waals surface area contributed by atoms with Crippen LogP contribution in [0, 0.1) is 0 Å². The van der Waals surface area contributed by atoms with E-state index in [-0.39, 0.29) is 0 Å². The number of hydrogen-bond donors (Lipinski definition) is 1. The molecule has 0 fully saturated rings. The molecule has 1 aromatic carbocycles. The summed E-state index contributed by atoms with van der Waals surface area (Å²) in [5.41, 5.74) is 8.79. The second kappa shape index (κ2) is 5.83. The normalized spacial score (nSPS) is 10.6. The van der Waals surface area contributed by atoms with Crippen molar-refractivity contribution in [3.05, 3.63) is 23.9 Å². The first-order valence-corrected chi connectivity index (χ1v) is 6.14. The number of methoxy groups -OCH3 is 3. The minimum atomic E-state index is 0.448. The Morgan fingerprint density at radius 1 is 1.10 bits per heavy atom. The van der Waals surface area contributed by atoms with E-state index in [9.17, 15) is 0 Å². The molecule has 0 spiro atoms. The molecular formula is C14H19N3O3. The molecule has 0 unspecified atom stereocenters. The fourth-order valence-corrected chi connectivity index (χ4v) is 2.10. The molecule has 2 N–H and O–H groups in total. The Kier molecular flexibility index (Phi) is 4.14. The average Bonchev–Trinajstić information content (AvgIpc) is 2.79. The van der Waals surface area contributed by atoms with Gasteiger partial charge < -0.3 is 19.9 Å². The van der Waals surface area contributed by atoms with E-state index in [1.54, 1.807) is 39.3 Å². The summed E-state index contributed by atoms with van der Waals surface area (Å²) >= 11 is 0. The number of ether oxygens (including phenoxy) is 3. The summed E-state index contributed by atoms with van der Waals surface area (Å²) in [5, 5.41) is 4.17. The first-order chi connectivity index (χ1) is 9.62. The summed E-state index contributed by atoms with van der Waals surface area (Å²) < 4.78 is 17.5. The lowest BCUT2D eigenvalue weighted by Crippen LogP contribution is -2.01. The van der Waals surface area contributed by atoms with Crippen LogP contribution in [0.15, 0.2) is 18.3 Å². The third kappa shape index (κ3) is 2.42. The molecule has 0 amide bonds. The molecule has 20 heavy (non-hydrogen) atoms. The van der Waals surface area contributed by atoms with Gasteiger partial charge in [0.2, 0.25) is 0 Å². The maximum atomic E-state index is 6.05. The smallest absolute Gasteiger partial charge is 0.161 e. The van der Waals surface area contributed by atoms with Gasteiger partial charge in [0, 0.05) is 19.7 Å². The van der Waals surface area contributed by atoms with Gasteiger partial charge in [-0.3, -0.25) is 4.68 Å². The number of aryl methyl sites for hydroxylation is 1. The minimum Gasteiger partial charge on any atom is -0.493 e. The van der Waals surface area contributed by atoms with Gasteiger partial charge in [-0.2, -0.15) is 5.10 Å². The van der Waals surface area contributed by atoms with Gasteiger partial charge in [-0.1, -0.05) is 0 Å². The quantitative estimate of drug-likeness (QED) is 0.902. The first kappa shape index (κ1) is 14.2. The molecule has 0 atom stereocenters. The van der Waals surface area contributed by atoms with Crippen LogP contribution in [0.2, 0.25) is 0 Å². The van der Waals surface area contributed by atoms with Gasteiger partial charge in [-0.05, 0) is 23.3 Å². The highest BCUT2D eigenvalue weighted by molar-refractivity contribution is 5.78. The Morgan fingerprint density at radius 3 is 2.25 bits per heavy atom. The fourth-order valence-electron chi connectivity index (χ4n) is 2.10. The van der Waals surface area contributed by atoms with Crippen LogP contribution in [0.25, 0.3) is 11.1 Å². The Balaban J connectivity index is 2.63. The van der Waals surface area contributed by atoms with E-state index in [4.69, 9.17) is 19.9 Å². The highest BCUT2D eigenvalue weighted by Gasteiger charge is 2.16. The topological polar surface area (TPSA) is 71.5 Å². The zero-order valence-corrected chi connectivity index (χ0v) is 12.1. The standard InChI is InChI=1S/C14H19N3O3/c1-17-14(15)11(7-16-17)10-6-13(20-4)12(19-3)5-9(10)8-18-2/h5-7H,8,15H2,1-4H3. The van der Waals surface area contributed by atoms with Gasteiger partial charge in [-0.15, -0.1) is 0 Å². The number of nitrogens with zero attached hydrogens (tertiary/aromatic N) is 2. The Labute approximate surface area is 118 Å². The zero-order chi connectivity index (χ0) is 14.7. The monoisotopic (exact) mass is 277 g/mol. The van der Waals surface area contributed by atoms with Crippen molar-refractivity contribution in [2.24, 2.45) is 7.05 Å². The minimum absolute atomic E-state index is 0.448. The maximum Gasteiger partial charge on any atom is 0.161 e. The van der Waals surface area contributed by atoms with E-state index in [1.165, 1.54) is 0 Å². The lowest BCUT2D eigenvalue weighted by Gasteiger charge is -2.14. The van der Waals surface area contributed by atoms with E-state index >= 15 is 0 Å². The molecule has 0 radical (unpaired) electrons. The highest BCUT2D eigenvalue weighted by Crippen LogP contribution is 2.37. The lowest BCUT2D eigenvalue weighted by atomic mass is 10.0. The first-order valence-electron chi connectivity index (χ1n) is 6.14. The van der Waals surface area contributed by atoms with Crippen LogP contribution in [-0.2, 0) is 18.4 Å². The van der Waals surface area contributed by atoms with Gasteiger partial charge in [0.15, 0.2) is 11.5 Å².